The highest BCUT2D eigenvalue weighted by Crippen LogP contribution is 2.28. The molecule has 6 heteroatoms. The van der Waals surface area contributed by atoms with Crippen LogP contribution in [0.3, 0.4) is 0 Å². The SMILES string of the molecule is N#Cc1ccc(C2C(=O)N(CCc3ccc(F)cc3)Cc3cncn32)cc1. The summed E-state index contributed by atoms with van der Waals surface area (Å²) in [5.74, 6) is -0.273. The number of rotatable bonds is 4. The fourth-order valence-corrected chi connectivity index (χ4v) is 3.40. The van der Waals surface area contributed by atoms with Gasteiger partial charge in [-0.1, -0.05) is 24.3 Å². The van der Waals surface area contributed by atoms with Crippen LogP contribution in [0.25, 0.3) is 0 Å². The second-order valence-corrected chi connectivity index (χ2v) is 6.56. The van der Waals surface area contributed by atoms with Crippen molar-refractivity contribution < 1.29 is 9.18 Å². The molecule has 0 bridgehead atoms. The third-order valence-electron chi connectivity index (χ3n) is 4.86. The predicted molar refractivity (Wildman–Crippen MR) is 97.0 cm³/mol. The van der Waals surface area contributed by atoms with Crippen molar-refractivity contribution in [1.82, 2.24) is 14.5 Å². The summed E-state index contributed by atoms with van der Waals surface area (Å²) in [4.78, 5) is 19.2. The third-order valence-corrected chi connectivity index (χ3v) is 4.86. The first-order valence-electron chi connectivity index (χ1n) is 8.70. The van der Waals surface area contributed by atoms with Crippen molar-refractivity contribution in [3.8, 4) is 6.07 Å². The van der Waals surface area contributed by atoms with Gasteiger partial charge in [0.1, 0.15) is 11.9 Å². The molecule has 2 heterocycles. The molecule has 0 aliphatic carbocycles. The minimum Gasteiger partial charge on any atom is -0.334 e. The van der Waals surface area contributed by atoms with Gasteiger partial charge in [-0.25, -0.2) is 9.37 Å². The summed E-state index contributed by atoms with van der Waals surface area (Å²) in [6.45, 7) is 1.04. The predicted octanol–water partition coefficient (Wildman–Crippen LogP) is 3.07. The van der Waals surface area contributed by atoms with Crippen LogP contribution in [0.4, 0.5) is 4.39 Å². The molecular formula is C21H17FN4O. The van der Waals surface area contributed by atoms with E-state index in [1.54, 1.807) is 36.8 Å². The Morgan fingerprint density at radius 2 is 1.89 bits per heavy atom. The quantitative estimate of drug-likeness (QED) is 0.718. The summed E-state index contributed by atoms with van der Waals surface area (Å²) < 4.78 is 15.0. The number of hydrogen-bond donors (Lipinski definition) is 0. The molecular weight excluding hydrogens is 343 g/mol. The molecule has 0 radical (unpaired) electrons. The van der Waals surface area contributed by atoms with Crippen LogP contribution < -0.4 is 0 Å². The van der Waals surface area contributed by atoms with Gasteiger partial charge in [0.25, 0.3) is 5.91 Å². The van der Waals surface area contributed by atoms with E-state index >= 15 is 0 Å². The molecule has 2 aromatic carbocycles. The van der Waals surface area contributed by atoms with Crippen molar-refractivity contribution in [3.63, 3.8) is 0 Å². The van der Waals surface area contributed by atoms with E-state index in [2.05, 4.69) is 11.1 Å². The molecule has 134 valence electrons. The number of fused-ring (bicyclic) bond motifs is 1. The summed E-state index contributed by atoms with van der Waals surface area (Å²) >= 11 is 0. The molecule has 1 aromatic heterocycles. The second kappa shape index (κ2) is 7.04. The number of hydrogen-bond acceptors (Lipinski definition) is 3. The molecule has 0 N–H and O–H groups in total. The zero-order chi connectivity index (χ0) is 18.8. The molecule has 3 aromatic rings. The van der Waals surface area contributed by atoms with E-state index < -0.39 is 6.04 Å². The minimum atomic E-state index is -0.489. The number of imidazole rings is 1. The van der Waals surface area contributed by atoms with Crippen LogP contribution in [0.5, 0.6) is 0 Å². The van der Waals surface area contributed by atoms with E-state index in [0.717, 1.165) is 16.8 Å². The number of nitriles is 1. The maximum absolute atomic E-state index is 13.2. The van der Waals surface area contributed by atoms with Gasteiger partial charge in [0, 0.05) is 12.7 Å². The Labute approximate surface area is 156 Å². The molecule has 1 unspecified atom stereocenters. The minimum absolute atomic E-state index is 0.00711. The zero-order valence-corrected chi connectivity index (χ0v) is 14.5. The van der Waals surface area contributed by atoms with Gasteiger partial charge in [-0.05, 0) is 41.8 Å². The van der Waals surface area contributed by atoms with E-state index in [1.807, 2.05) is 21.6 Å². The number of benzene rings is 2. The number of aromatic nitrogens is 2. The van der Waals surface area contributed by atoms with E-state index in [4.69, 9.17) is 5.26 Å². The first-order chi connectivity index (χ1) is 13.2. The van der Waals surface area contributed by atoms with Crippen LogP contribution in [0.15, 0.2) is 61.1 Å². The summed E-state index contributed by atoms with van der Waals surface area (Å²) in [6.07, 6.45) is 4.10. The second-order valence-electron chi connectivity index (χ2n) is 6.56. The van der Waals surface area contributed by atoms with Gasteiger partial charge in [-0.2, -0.15) is 5.26 Å². The third kappa shape index (κ3) is 3.32. The van der Waals surface area contributed by atoms with Gasteiger partial charge < -0.3 is 9.47 Å². The normalized spacial score (nSPS) is 16.1. The number of halogens is 1. The van der Waals surface area contributed by atoms with Crippen molar-refractivity contribution >= 4 is 5.91 Å². The van der Waals surface area contributed by atoms with Crippen LogP contribution >= 0.6 is 0 Å². The summed E-state index contributed by atoms with van der Waals surface area (Å²) in [5.41, 5.74) is 3.33. The maximum atomic E-state index is 13.2. The van der Waals surface area contributed by atoms with Gasteiger partial charge >= 0.3 is 0 Å². The standard InChI is InChI=1S/C21H17FN4O/c22-18-7-3-15(4-8-18)9-10-25-13-19-12-24-14-26(19)20(21(25)27)17-5-1-16(11-23)2-6-17/h1-8,12,14,20H,9-10,13H2. The van der Waals surface area contributed by atoms with Crippen molar-refractivity contribution in [3.05, 3.63) is 89.3 Å². The topological polar surface area (TPSA) is 61.9 Å². The van der Waals surface area contributed by atoms with E-state index in [0.29, 0.717) is 25.1 Å². The fraction of sp³-hybridized carbons (Fsp3) is 0.190. The van der Waals surface area contributed by atoms with Crippen molar-refractivity contribution in [2.75, 3.05) is 6.54 Å². The smallest absolute Gasteiger partial charge is 0.250 e. The summed E-state index contributed by atoms with van der Waals surface area (Å²) in [5, 5.41) is 8.99. The Kier molecular flexibility index (Phi) is 4.43. The highest BCUT2D eigenvalue weighted by Gasteiger charge is 2.33. The molecule has 0 saturated carbocycles. The number of carbonyl (C=O) groups excluding carboxylic acids is 1. The molecule has 4 rings (SSSR count). The average molecular weight is 360 g/mol. The number of nitrogens with zero attached hydrogens (tertiary/aromatic N) is 4. The zero-order valence-electron chi connectivity index (χ0n) is 14.5. The molecule has 1 amide bonds. The van der Waals surface area contributed by atoms with Crippen LogP contribution in [0.1, 0.15) is 28.4 Å². The first-order valence-corrected chi connectivity index (χ1v) is 8.70. The lowest BCUT2D eigenvalue weighted by atomic mass is 10.0. The Hall–Kier alpha value is -3.46. The largest absolute Gasteiger partial charge is 0.334 e. The fourth-order valence-electron chi connectivity index (χ4n) is 3.40. The van der Waals surface area contributed by atoms with Crippen LogP contribution in [-0.4, -0.2) is 26.9 Å². The maximum Gasteiger partial charge on any atom is 0.250 e. The van der Waals surface area contributed by atoms with Gasteiger partial charge in [0.05, 0.1) is 30.2 Å². The van der Waals surface area contributed by atoms with E-state index in [9.17, 15) is 9.18 Å². The van der Waals surface area contributed by atoms with Crippen LogP contribution in [0, 0.1) is 17.1 Å². The van der Waals surface area contributed by atoms with E-state index in [-0.39, 0.29) is 11.7 Å². The molecule has 27 heavy (non-hydrogen) atoms. The highest BCUT2D eigenvalue weighted by molar-refractivity contribution is 5.84. The molecule has 1 aliphatic heterocycles. The van der Waals surface area contributed by atoms with Gasteiger partial charge in [-0.3, -0.25) is 4.79 Å². The van der Waals surface area contributed by atoms with Gasteiger partial charge in [0.15, 0.2) is 0 Å². The molecule has 1 atom stereocenters. The lowest BCUT2D eigenvalue weighted by Crippen LogP contribution is -2.43. The van der Waals surface area contributed by atoms with Gasteiger partial charge in [-0.15, -0.1) is 0 Å². The van der Waals surface area contributed by atoms with Crippen molar-refractivity contribution in [2.45, 2.75) is 19.0 Å². The Bertz CT molecular complexity index is 1000. The monoisotopic (exact) mass is 360 g/mol. The first kappa shape index (κ1) is 17.0. The molecule has 5 nitrogen and oxygen atoms in total. The van der Waals surface area contributed by atoms with Crippen molar-refractivity contribution in [2.24, 2.45) is 0 Å². The average Bonchev–Trinajstić information content (AvgIpc) is 3.16. The molecule has 0 saturated heterocycles. The lowest BCUT2D eigenvalue weighted by molar-refractivity contribution is -0.136. The van der Waals surface area contributed by atoms with Crippen molar-refractivity contribution in [1.29, 1.82) is 5.26 Å². The Morgan fingerprint density at radius 1 is 1.15 bits per heavy atom. The van der Waals surface area contributed by atoms with E-state index in [1.165, 1.54) is 12.1 Å². The van der Waals surface area contributed by atoms with Crippen LogP contribution in [-0.2, 0) is 17.8 Å². The number of carbonyl (C=O) groups is 1. The highest BCUT2D eigenvalue weighted by atomic mass is 19.1. The Morgan fingerprint density at radius 3 is 2.59 bits per heavy atom. The molecule has 0 fully saturated rings. The Balaban J connectivity index is 1.59. The van der Waals surface area contributed by atoms with Gasteiger partial charge in [0.2, 0.25) is 0 Å². The molecule has 1 aliphatic rings. The molecule has 0 spiro atoms. The van der Waals surface area contributed by atoms with Crippen LogP contribution in [0.2, 0.25) is 0 Å². The summed E-state index contributed by atoms with van der Waals surface area (Å²) in [7, 11) is 0. The number of amides is 1. The lowest BCUT2D eigenvalue weighted by Gasteiger charge is -2.34. The summed E-state index contributed by atoms with van der Waals surface area (Å²) in [6, 6.07) is 15.0.